The zero-order chi connectivity index (χ0) is 24.5. The number of likely N-dealkylation sites (tertiary alicyclic amines) is 1. The van der Waals surface area contributed by atoms with E-state index in [-0.39, 0.29) is 17.0 Å². The maximum Gasteiger partial charge on any atom is 0.417 e. The molecule has 3 N–H and O–H groups in total. The van der Waals surface area contributed by atoms with Crippen molar-refractivity contribution in [3.63, 3.8) is 0 Å². The molecule has 2 heterocycles. The van der Waals surface area contributed by atoms with Gasteiger partial charge in [0.2, 0.25) is 10.0 Å². The van der Waals surface area contributed by atoms with E-state index >= 15 is 0 Å². The minimum absolute atomic E-state index is 0.222. The molecule has 0 bridgehead atoms. The number of tetrazole rings is 1. The number of hydrogen-bond donors (Lipinski definition) is 2. The highest BCUT2D eigenvalue weighted by Gasteiger charge is 2.39. The van der Waals surface area contributed by atoms with Crippen LogP contribution >= 0.6 is 0 Å². The Morgan fingerprint density at radius 2 is 1.79 bits per heavy atom. The molecule has 1 saturated heterocycles. The maximum atomic E-state index is 13.7. The van der Waals surface area contributed by atoms with E-state index in [0.29, 0.717) is 11.5 Å². The second-order valence-corrected chi connectivity index (χ2v) is 9.89. The predicted octanol–water partition coefficient (Wildman–Crippen LogP) is 3.79. The molecule has 0 saturated carbocycles. The molecule has 1 aliphatic heterocycles. The largest absolute Gasteiger partial charge is 0.417 e. The van der Waals surface area contributed by atoms with E-state index < -0.39 is 26.7 Å². The highest BCUT2D eigenvalue weighted by molar-refractivity contribution is 7.89. The lowest BCUT2D eigenvalue weighted by Crippen LogP contribution is -2.33. The van der Waals surface area contributed by atoms with Crippen LogP contribution in [0.3, 0.4) is 0 Å². The van der Waals surface area contributed by atoms with Crippen LogP contribution < -0.4 is 5.14 Å². The normalized spacial score (nSPS) is 16.1. The number of piperidine rings is 1. The van der Waals surface area contributed by atoms with E-state index in [0.717, 1.165) is 50.5 Å². The first-order chi connectivity index (χ1) is 16.1. The smallest absolute Gasteiger partial charge is 0.303 e. The molecular formula is C22H25F3N6O2S. The van der Waals surface area contributed by atoms with Crippen LogP contribution in [0.4, 0.5) is 13.2 Å². The first kappa shape index (κ1) is 24.3. The number of rotatable bonds is 6. The van der Waals surface area contributed by atoms with Gasteiger partial charge >= 0.3 is 6.18 Å². The summed E-state index contributed by atoms with van der Waals surface area (Å²) in [7, 11) is -4.78. The van der Waals surface area contributed by atoms with Crippen molar-refractivity contribution in [3.8, 4) is 22.5 Å². The number of alkyl halides is 3. The fourth-order valence-corrected chi connectivity index (χ4v) is 5.56. The molecule has 1 aliphatic rings. The summed E-state index contributed by atoms with van der Waals surface area (Å²) in [6.45, 7) is 5.31. The van der Waals surface area contributed by atoms with Crippen molar-refractivity contribution < 1.29 is 21.6 Å². The molecule has 4 rings (SSSR count). The molecule has 8 nitrogen and oxygen atoms in total. The number of primary sulfonamides is 1. The van der Waals surface area contributed by atoms with Crippen molar-refractivity contribution in [1.29, 1.82) is 0 Å². The third-order valence-corrected chi connectivity index (χ3v) is 7.14. The number of sulfonamides is 1. The minimum atomic E-state index is -4.95. The third kappa shape index (κ3) is 4.98. The average Bonchev–Trinajstić information content (AvgIpc) is 3.32. The van der Waals surface area contributed by atoms with Gasteiger partial charge in [-0.15, -0.1) is 5.10 Å². The number of benzene rings is 2. The van der Waals surface area contributed by atoms with Gasteiger partial charge in [0.25, 0.3) is 0 Å². The SMILES string of the molecule is CCCN1CCC(c2ccc(-c3ccc(C(F)(F)F)c(S(N)(=O)=O)c3-c3nnn[nH]3)cc2)CC1. The lowest BCUT2D eigenvalue weighted by Gasteiger charge is -2.32. The quantitative estimate of drug-likeness (QED) is 0.538. The molecule has 1 aromatic heterocycles. The summed E-state index contributed by atoms with van der Waals surface area (Å²) in [5.41, 5.74) is 0.196. The second-order valence-electron chi connectivity index (χ2n) is 8.40. The van der Waals surface area contributed by atoms with Gasteiger partial charge in [-0.3, -0.25) is 0 Å². The van der Waals surface area contributed by atoms with Gasteiger partial charge in [0.15, 0.2) is 5.82 Å². The van der Waals surface area contributed by atoms with Crippen LogP contribution in [0.1, 0.15) is 43.2 Å². The van der Waals surface area contributed by atoms with Gasteiger partial charge in [-0.1, -0.05) is 37.3 Å². The van der Waals surface area contributed by atoms with E-state index in [4.69, 9.17) is 5.14 Å². The van der Waals surface area contributed by atoms with Crippen LogP contribution in [0.15, 0.2) is 41.3 Å². The van der Waals surface area contributed by atoms with Crippen LogP contribution in [0, 0.1) is 0 Å². The maximum absolute atomic E-state index is 13.7. The summed E-state index contributed by atoms with van der Waals surface area (Å²) in [6.07, 6.45) is -1.76. The van der Waals surface area contributed by atoms with E-state index in [2.05, 4.69) is 32.4 Å². The van der Waals surface area contributed by atoms with Crippen LogP contribution in [0.2, 0.25) is 0 Å². The molecule has 2 aromatic carbocycles. The number of aromatic amines is 1. The van der Waals surface area contributed by atoms with Crippen molar-refractivity contribution in [2.45, 2.75) is 43.2 Å². The van der Waals surface area contributed by atoms with Gasteiger partial charge < -0.3 is 4.90 Å². The summed E-state index contributed by atoms with van der Waals surface area (Å²) >= 11 is 0. The molecule has 3 aromatic rings. The Kier molecular flexibility index (Phi) is 6.74. The molecule has 182 valence electrons. The Balaban J connectivity index is 1.77. The Bertz CT molecular complexity index is 1240. The first-order valence-corrected chi connectivity index (χ1v) is 12.5. The highest BCUT2D eigenvalue weighted by atomic mass is 32.2. The molecule has 0 unspecified atom stereocenters. The number of hydrogen-bond acceptors (Lipinski definition) is 6. The van der Waals surface area contributed by atoms with Crippen molar-refractivity contribution >= 4 is 10.0 Å². The topological polar surface area (TPSA) is 118 Å². The standard InChI is InChI=1S/C22H25F3N6O2S/c1-2-11-31-12-9-15(10-13-31)14-3-5-16(6-4-14)17-7-8-18(22(23,24)25)20(34(26,32)33)19(17)21-27-29-30-28-21/h3-8,15H,2,9-13H2,1H3,(H2,26,32,33)(H,27,28,29,30). The van der Waals surface area contributed by atoms with E-state index in [1.54, 1.807) is 12.1 Å². The molecule has 34 heavy (non-hydrogen) atoms. The lowest BCUT2D eigenvalue weighted by molar-refractivity contribution is -0.139. The second kappa shape index (κ2) is 9.43. The van der Waals surface area contributed by atoms with Crippen LogP contribution in [-0.2, 0) is 16.2 Å². The van der Waals surface area contributed by atoms with Crippen molar-refractivity contribution in [3.05, 3.63) is 47.5 Å². The molecule has 0 amide bonds. The molecule has 0 radical (unpaired) electrons. The Morgan fingerprint density at radius 3 is 2.32 bits per heavy atom. The third-order valence-electron chi connectivity index (χ3n) is 6.15. The Morgan fingerprint density at radius 1 is 1.12 bits per heavy atom. The predicted molar refractivity (Wildman–Crippen MR) is 120 cm³/mol. The van der Waals surface area contributed by atoms with Gasteiger partial charge in [0.05, 0.1) is 5.56 Å². The Labute approximate surface area is 195 Å². The molecule has 1 fully saturated rings. The van der Waals surface area contributed by atoms with Gasteiger partial charge in [0.1, 0.15) is 4.90 Å². The molecule has 0 aliphatic carbocycles. The average molecular weight is 495 g/mol. The van der Waals surface area contributed by atoms with Crippen LogP contribution in [-0.4, -0.2) is 53.6 Å². The number of H-pyrrole nitrogens is 1. The highest BCUT2D eigenvalue weighted by Crippen LogP contribution is 2.43. The number of halogens is 3. The van der Waals surface area contributed by atoms with E-state index in [9.17, 15) is 21.6 Å². The fourth-order valence-electron chi connectivity index (χ4n) is 4.58. The zero-order valence-corrected chi connectivity index (χ0v) is 19.3. The van der Waals surface area contributed by atoms with E-state index in [1.807, 2.05) is 12.1 Å². The number of aromatic nitrogens is 4. The summed E-state index contributed by atoms with van der Waals surface area (Å²) in [6, 6.07) is 9.36. The lowest BCUT2D eigenvalue weighted by atomic mass is 9.88. The first-order valence-electron chi connectivity index (χ1n) is 10.9. The van der Waals surface area contributed by atoms with Gasteiger partial charge in [-0.25, -0.2) is 18.7 Å². The van der Waals surface area contributed by atoms with Gasteiger partial charge in [-0.05, 0) is 78.0 Å². The van der Waals surface area contributed by atoms with E-state index in [1.165, 1.54) is 6.07 Å². The van der Waals surface area contributed by atoms with Gasteiger partial charge in [0, 0.05) is 5.56 Å². The summed E-state index contributed by atoms with van der Waals surface area (Å²) in [5.74, 6) is 0.171. The zero-order valence-electron chi connectivity index (χ0n) is 18.5. The van der Waals surface area contributed by atoms with Crippen LogP contribution in [0.25, 0.3) is 22.5 Å². The van der Waals surface area contributed by atoms with Crippen molar-refractivity contribution in [1.82, 2.24) is 25.5 Å². The van der Waals surface area contributed by atoms with Crippen LogP contribution in [0.5, 0.6) is 0 Å². The van der Waals surface area contributed by atoms with Crippen molar-refractivity contribution in [2.24, 2.45) is 5.14 Å². The molecule has 0 atom stereocenters. The van der Waals surface area contributed by atoms with Gasteiger partial charge in [-0.2, -0.15) is 13.2 Å². The fraction of sp³-hybridized carbons (Fsp3) is 0.409. The monoisotopic (exact) mass is 494 g/mol. The number of nitrogens with one attached hydrogen (secondary N) is 1. The minimum Gasteiger partial charge on any atom is -0.303 e. The molecule has 0 spiro atoms. The summed E-state index contributed by atoms with van der Waals surface area (Å²) < 4.78 is 65.7. The summed E-state index contributed by atoms with van der Waals surface area (Å²) in [4.78, 5) is 1.38. The number of nitrogens with zero attached hydrogens (tertiary/aromatic N) is 4. The summed E-state index contributed by atoms with van der Waals surface area (Å²) in [5, 5.41) is 18.1. The molecule has 12 heteroatoms. The Hall–Kier alpha value is -2.83. The molecular weight excluding hydrogens is 469 g/mol. The number of nitrogens with two attached hydrogens (primary N) is 1. The van der Waals surface area contributed by atoms with Crippen molar-refractivity contribution in [2.75, 3.05) is 19.6 Å².